The number of carbonyl (C=O) groups excluding carboxylic acids is 2. The predicted octanol–water partition coefficient (Wildman–Crippen LogP) is 9.71. The molecule has 0 fully saturated rings. The Morgan fingerprint density at radius 3 is 2.04 bits per heavy atom. The van der Waals surface area contributed by atoms with E-state index in [0.717, 1.165) is 44.0 Å². The van der Waals surface area contributed by atoms with E-state index in [-0.39, 0.29) is 22.6 Å². The van der Waals surface area contributed by atoms with Gasteiger partial charge >= 0.3 is 0 Å². The van der Waals surface area contributed by atoms with Crippen LogP contribution in [0.4, 0.5) is 17.1 Å². The molecule has 0 aromatic heterocycles. The molecule has 0 saturated carbocycles. The molecule has 218 valence electrons. The van der Waals surface area contributed by atoms with Gasteiger partial charge in [-0.2, -0.15) is 0 Å². The molecule has 1 aliphatic heterocycles. The zero-order valence-electron chi connectivity index (χ0n) is 25.4. The minimum Gasteiger partial charge on any atom is -0.380 e. The summed E-state index contributed by atoms with van der Waals surface area (Å²) in [7, 11) is 1.71. The summed E-state index contributed by atoms with van der Waals surface area (Å²) in [4.78, 5) is 29.2. The first-order chi connectivity index (χ1) is 21.8. The van der Waals surface area contributed by atoms with Gasteiger partial charge in [0.15, 0.2) is 11.6 Å². The molecule has 2 aliphatic rings. The molecule has 4 nitrogen and oxygen atoms in total. The molecule has 0 N–H and O–H groups in total. The van der Waals surface area contributed by atoms with Crippen molar-refractivity contribution < 1.29 is 14.3 Å². The van der Waals surface area contributed by atoms with Crippen molar-refractivity contribution in [2.75, 3.05) is 12.0 Å². The predicted molar refractivity (Wildman–Crippen MR) is 182 cm³/mol. The Bertz CT molecular complexity index is 2180. The topological polar surface area (TPSA) is 46.6 Å². The lowest BCUT2D eigenvalue weighted by atomic mass is 9.71. The SMILES string of the molecule is COCc1ccc(N2c3ccccc3C(C)(C)c3c2ccc2cc(C=C4C(=O)c5cc6ccccc6cc5C4=O)ccc32)cc1. The maximum atomic E-state index is 13.4. The van der Waals surface area contributed by atoms with E-state index in [2.05, 4.69) is 91.5 Å². The van der Waals surface area contributed by atoms with Crippen molar-refractivity contribution in [3.05, 3.63) is 154 Å². The maximum absolute atomic E-state index is 13.4. The normalized spacial score (nSPS) is 14.9. The van der Waals surface area contributed by atoms with Crippen molar-refractivity contribution in [1.82, 2.24) is 0 Å². The van der Waals surface area contributed by atoms with Gasteiger partial charge in [0.2, 0.25) is 0 Å². The van der Waals surface area contributed by atoms with E-state index in [9.17, 15) is 9.59 Å². The fraction of sp³-hybridized carbons (Fsp3) is 0.122. The standard InChI is InChI=1S/C41H31NO3/c1-41(2)35-10-6-7-11-36(35)42(30-16-12-25(13-17-30)24-45-3)37-19-15-29-20-26(14-18-31(29)38(37)41)21-34-39(43)32-22-27-8-4-5-9-28(27)23-33(32)40(34)44/h4-23H,24H2,1-3H3. The van der Waals surface area contributed by atoms with Gasteiger partial charge in [0.05, 0.1) is 23.6 Å². The number of hydrogen-bond donors (Lipinski definition) is 0. The third-order valence-corrected chi connectivity index (χ3v) is 9.39. The number of hydrogen-bond acceptors (Lipinski definition) is 4. The van der Waals surface area contributed by atoms with Crippen molar-refractivity contribution in [3.8, 4) is 0 Å². The highest BCUT2D eigenvalue weighted by Gasteiger charge is 2.38. The summed E-state index contributed by atoms with van der Waals surface area (Å²) in [6, 6.07) is 39.3. The summed E-state index contributed by atoms with van der Waals surface area (Å²) < 4.78 is 5.34. The summed E-state index contributed by atoms with van der Waals surface area (Å²) in [6.07, 6.45) is 1.75. The van der Waals surface area contributed by atoms with Gasteiger partial charge in [-0.05, 0) is 92.3 Å². The summed E-state index contributed by atoms with van der Waals surface area (Å²) in [5, 5.41) is 4.12. The Kier molecular flexibility index (Phi) is 6.12. The molecule has 0 unspecified atom stereocenters. The van der Waals surface area contributed by atoms with E-state index in [1.54, 1.807) is 13.2 Å². The second-order valence-electron chi connectivity index (χ2n) is 12.5. The van der Waals surface area contributed by atoms with Crippen molar-refractivity contribution >= 4 is 56.2 Å². The Hall–Kier alpha value is -5.32. The molecule has 0 atom stereocenters. The molecule has 1 aliphatic carbocycles. The number of carbonyl (C=O) groups is 2. The Labute approximate surface area is 262 Å². The zero-order chi connectivity index (χ0) is 30.9. The highest BCUT2D eigenvalue weighted by atomic mass is 16.5. The number of Topliss-reactive ketones (excluding diaryl/α,β-unsaturated/α-hetero) is 2. The van der Waals surface area contributed by atoms with Crippen LogP contribution in [-0.2, 0) is 16.8 Å². The minimum absolute atomic E-state index is 0.212. The third kappa shape index (κ3) is 4.17. The van der Waals surface area contributed by atoms with Crippen LogP contribution in [0.1, 0.15) is 56.8 Å². The van der Waals surface area contributed by atoms with E-state index in [1.165, 1.54) is 16.8 Å². The van der Waals surface area contributed by atoms with Crippen LogP contribution in [-0.4, -0.2) is 18.7 Å². The number of allylic oxidation sites excluding steroid dienone is 1. The van der Waals surface area contributed by atoms with E-state index >= 15 is 0 Å². The first-order valence-electron chi connectivity index (χ1n) is 15.2. The van der Waals surface area contributed by atoms with Crippen molar-refractivity contribution in [2.24, 2.45) is 0 Å². The van der Waals surface area contributed by atoms with E-state index in [4.69, 9.17) is 4.74 Å². The van der Waals surface area contributed by atoms with Gasteiger partial charge in [0.25, 0.3) is 0 Å². The summed E-state index contributed by atoms with van der Waals surface area (Å²) >= 11 is 0. The molecule has 6 aromatic rings. The molecule has 8 rings (SSSR count). The quantitative estimate of drug-likeness (QED) is 0.153. The van der Waals surface area contributed by atoms with Crippen molar-refractivity contribution in [3.63, 3.8) is 0 Å². The van der Waals surface area contributed by atoms with Crippen LogP contribution in [0.5, 0.6) is 0 Å². The average molecular weight is 586 g/mol. The van der Waals surface area contributed by atoms with Crippen LogP contribution < -0.4 is 4.90 Å². The molecule has 0 amide bonds. The number of nitrogens with zero attached hydrogens (tertiary/aromatic N) is 1. The van der Waals surface area contributed by atoms with Crippen LogP contribution in [0.3, 0.4) is 0 Å². The Morgan fingerprint density at radius 2 is 1.36 bits per heavy atom. The molecule has 1 heterocycles. The summed E-state index contributed by atoms with van der Waals surface area (Å²) in [5.74, 6) is -0.424. The number of ketones is 2. The van der Waals surface area contributed by atoms with Crippen LogP contribution in [0.15, 0.2) is 121 Å². The average Bonchev–Trinajstić information content (AvgIpc) is 3.28. The fourth-order valence-electron chi connectivity index (χ4n) is 7.22. The molecule has 0 radical (unpaired) electrons. The molecule has 4 heteroatoms. The molecule has 0 spiro atoms. The number of fused-ring (bicyclic) bond motifs is 6. The van der Waals surface area contributed by atoms with Gasteiger partial charge in [0, 0.05) is 29.3 Å². The fourth-order valence-corrected chi connectivity index (χ4v) is 7.22. The molecular formula is C41H31NO3. The van der Waals surface area contributed by atoms with Crippen LogP contribution in [0.25, 0.3) is 27.6 Å². The van der Waals surface area contributed by atoms with Gasteiger partial charge < -0.3 is 9.64 Å². The van der Waals surface area contributed by atoms with Crippen LogP contribution >= 0.6 is 0 Å². The van der Waals surface area contributed by atoms with Gasteiger partial charge in [-0.1, -0.05) is 86.6 Å². The van der Waals surface area contributed by atoms with Crippen molar-refractivity contribution in [2.45, 2.75) is 25.9 Å². The molecule has 6 aromatic carbocycles. The van der Waals surface area contributed by atoms with Gasteiger partial charge in [-0.15, -0.1) is 0 Å². The minimum atomic E-state index is -0.265. The molecular weight excluding hydrogens is 554 g/mol. The lowest BCUT2D eigenvalue weighted by Crippen LogP contribution is -2.30. The van der Waals surface area contributed by atoms with Crippen molar-refractivity contribution in [1.29, 1.82) is 0 Å². The highest BCUT2D eigenvalue weighted by Crippen LogP contribution is 2.53. The third-order valence-electron chi connectivity index (χ3n) is 9.39. The molecule has 0 bridgehead atoms. The number of ether oxygens (including phenoxy) is 1. The van der Waals surface area contributed by atoms with E-state index < -0.39 is 0 Å². The maximum Gasteiger partial charge on any atom is 0.197 e. The number of anilines is 3. The molecule has 0 saturated heterocycles. The first kappa shape index (κ1) is 27.2. The smallest absolute Gasteiger partial charge is 0.197 e. The lowest BCUT2D eigenvalue weighted by Gasteiger charge is -2.42. The van der Waals surface area contributed by atoms with Gasteiger partial charge in [-0.3, -0.25) is 9.59 Å². The molecule has 45 heavy (non-hydrogen) atoms. The lowest BCUT2D eigenvalue weighted by molar-refractivity contribution is 0.0990. The zero-order valence-corrected chi connectivity index (χ0v) is 25.4. The first-order valence-corrected chi connectivity index (χ1v) is 15.2. The van der Waals surface area contributed by atoms with E-state index in [1.807, 2.05) is 42.5 Å². The summed E-state index contributed by atoms with van der Waals surface area (Å²) in [6.45, 7) is 5.15. The van der Waals surface area contributed by atoms with Crippen LogP contribution in [0, 0.1) is 0 Å². The highest BCUT2D eigenvalue weighted by molar-refractivity contribution is 6.42. The Morgan fingerprint density at radius 1 is 0.689 bits per heavy atom. The Balaban J connectivity index is 1.24. The van der Waals surface area contributed by atoms with Gasteiger partial charge in [-0.25, -0.2) is 0 Å². The number of methoxy groups -OCH3 is 1. The number of rotatable bonds is 4. The van der Waals surface area contributed by atoms with Crippen LogP contribution in [0.2, 0.25) is 0 Å². The largest absolute Gasteiger partial charge is 0.380 e. The van der Waals surface area contributed by atoms with Gasteiger partial charge in [0.1, 0.15) is 0 Å². The number of benzene rings is 6. The van der Waals surface area contributed by atoms with E-state index in [0.29, 0.717) is 17.7 Å². The number of para-hydroxylation sites is 1. The monoisotopic (exact) mass is 585 g/mol. The second-order valence-corrected chi connectivity index (χ2v) is 12.5. The summed E-state index contributed by atoms with van der Waals surface area (Å²) in [5.41, 5.74) is 8.76. The second kappa shape index (κ2) is 10.1.